The average Bonchev–Trinajstić information content (AvgIpc) is 3.02. The number of nitro benzene ring substituents is 1. The second-order valence-corrected chi connectivity index (χ2v) is 4.40. The minimum Gasteiger partial charge on any atom is -0.378 e. The zero-order chi connectivity index (χ0) is 13.9. The summed E-state index contributed by atoms with van der Waals surface area (Å²) in [4.78, 5) is 12.9. The molecule has 1 saturated heterocycles. The van der Waals surface area contributed by atoms with Crippen molar-refractivity contribution in [3.8, 4) is 5.69 Å². The Morgan fingerprint density at radius 1 is 1.20 bits per heavy atom. The molecule has 20 heavy (non-hydrogen) atoms. The van der Waals surface area contributed by atoms with Crippen LogP contribution >= 0.6 is 0 Å². The van der Waals surface area contributed by atoms with E-state index in [-0.39, 0.29) is 10.6 Å². The lowest BCUT2D eigenvalue weighted by molar-refractivity contribution is -0.384. The van der Waals surface area contributed by atoms with Crippen molar-refractivity contribution in [1.29, 1.82) is 0 Å². The summed E-state index contributed by atoms with van der Waals surface area (Å²) >= 11 is 0. The number of nitro groups is 1. The fourth-order valence-corrected chi connectivity index (χ4v) is 2.22. The van der Waals surface area contributed by atoms with E-state index in [9.17, 15) is 10.1 Å². The van der Waals surface area contributed by atoms with E-state index in [4.69, 9.17) is 4.74 Å². The highest BCUT2D eigenvalue weighted by Gasteiger charge is 2.22. The Hall–Kier alpha value is -2.48. The van der Waals surface area contributed by atoms with Crippen LogP contribution in [0.4, 0.5) is 11.4 Å². The standard InChI is InChI=1S/C12H13N5O3/c18-17(19)12-7-10(16-8-13-14-9-16)1-2-11(12)15-3-5-20-6-4-15/h1-2,7-9H,3-6H2. The minimum atomic E-state index is -0.362. The Kier molecular flexibility index (Phi) is 3.30. The van der Waals surface area contributed by atoms with Crippen molar-refractivity contribution in [3.05, 3.63) is 41.0 Å². The number of rotatable bonds is 3. The van der Waals surface area contributed by atoms with Crippen LogP contribution in [0.25, 0.3) is 5.69 Å². The minimum absolute atomic E-state index is 0.0816. The van der Waals surface area contributed by atoms with Crippen LogP contribution in [0.1, 0.15) is 0 Å². The van der Waals surface area contributed by atoms with Crippen LogP contribution < -0.4 is 4.90 Å². The smallest absolute Gasteiger partial charge is 0.294 e. The Labute approximate surface area is 114 Å². The first-order valence-electron chi connectivity index (χ1n) is 6.22. The highest BCUT2D eigenvalue weighted by molar-refractivity contribution is 5.66. The van der Waals surface area contributed by atoms with Crippen molar-refractivity contribution >= 4 is 11.4 Å². The van der Waals surface area contributed by atoms with Gasteiger partial charge in [0.05, 0.1) is 23.8 Å². The molecule has 1 aliphatic rings. The molecule has 0 amide bonds. The van der Waals surface area contributed by atoms with Gasteiger partial charge in [0, 0.05) is 19.2 Å². The van der Waals surface area contributed by atoms with Gasteiger partial charge in [0.25, 0.3) is 5.69 Å². The monoisotopic (exact) mass is 275 g/mol. The fraction of sp³-hybridized carbons (Fsp3) is 0.333. The van der Waals surface area contributed by atoms with Crippen molar-refractivity contribution in [3.63, 3.8) is 0 Å². The maximum Gasteiger partial charge on any atom is 0.294 e. The number of hydrogen-bond donors (Lipinski definition) is 0. The SMILES string of the molecule is O=[N+]([O-])c1cc(-n2cnnc2)ccc1N1CCOCC1. The van der Waals surface area contributed by atoms with Gasteiger partial charge in [0.15, 0.2) is 0 Å². The van der Waals surface area contributed by atoms with Gasteiger partial charge in [-0.05, 0) is 12.1 Å². The quantitative estimate of drug-likeness (QED) is 0.614. The first-order valence-corrected chi connectivity index (χ1v) is 6.22. The summed E-state index contributed by atoms with van der Waals surface area (Å²) in [6.07, 6.45) is 3.01. The highest BCUT2D eigenvalue weighted by Crippen LogP contribution is 2.30. The predicted molar refractivity (Wildman–Crippen MR) is 71.0 cm³/mol. The van der Waals surface area contributed by atoms with Crippen LogP contribution in [0.3, 0.4) is 0 Å². The summed E-state index contributed by atoms with van der Waals surface area (Å²) in [6.45, 7) is 2.49. The number of aromatic nitrogens is 3. The Bertz CT molecular complexity index is 608. The maximum absolute atomic E-state index is 11.3. The van der Waals surface area contributed by atoms with Crippen LogP contribution in [0, 0.1) is 10.1 Å². The lowest BCUT2D eigenvalue weighted by Gasteiger charge is -2.28. The van der Waals surface area contributed by atoms with Crippen LogP contribution in [0.2, 0.25) is 0 Å². The molecular weight excluding hydrogens is 262 g/mol. The molecule has 2 aromatic rings. The topological polar surface area (TPSA) is 86.3 Å². The van der Waals surface area contributed by atoms with Gasteiger partial charge in [-0.1, -0.05) is 0 Å². The average molecular weight is 275 g/mol. The van der Waals surface area contributed by atoms with Crippen LogP contribution in [-0.2, 0) is 4.74 Å². The van der Waals surface area contributed by atoms with Gasteiger partial charge in [-0.15, -0.1) is 10.2 Å². The number of ether oxygens (including phenoxy) is 1. The lowest BCUT2D eigenvalue weighted by atomic mass is 10.2. The van der Waals surface area contributed by atoms with Gasteiger partial charge >= 0.3 is 0 Å². The van der Waals surface area contributed by atoms with Gasteiger partial charge in [-0.2, -0.15) is 0 Å². The van der Waals surface area contributed by atoms with Crippen molar-refractivity contribution in [2.24, 2.45) is 0 Å². The summed E-state index contributed by atoms with van der Waals surface area (Å²) in [5.41, 5.74) is 1.37. The second kappa shape index (κ2) is 5.25. The summed E-state index contributed by atoms with van der Waals surface area (Å²) in [5.74, 6) is 0. The van der Waals surface area contributed by atoms with E-state index in [2.05, 4.69) is 10.2 Å². The van der Waals surface area contributed by atoms with Crippen molar-refractivity contribution < 1.29 is 9.66 Å². The molecule has 1 aromatic carbocycles. The molecule has 2 heterocycles. The molecule has 0 unspecified atom stereocenters. The molecule has 0 spiro atoms. The Balaban J connectivity index is 2.00. The van der Waals surface area contributed by atoms with Crippen molar-refractivity contribution in [2.75, 3.05) is 31.2 Å². The van der Waals surface area contributed by atoms with Gasteiger partial charge in [0.2, 0.25) is 0 Å². The number of benzene rings is 1. The van der Waals surface area contributed by atoms with E-state index < -0.39 is 0 Å². The van der Waals surface area contributed by atoms with Crippen LogP contribution in [0.5, 0.6) is 0 Å². The number of morpholine rings is 1. The number of hydrogen-bond acceptors (Lipinski definition) is 6. The molecule has 8 heteroatoms. The predicted octanol–water partition coefficient (Wildman–Crippen LogP) is 1.01. The van der Waals surface area contributed by atoms with Gasteiger partial charge in [0.1, 0.15) is 18.3 Å². The molecular formula is C12H13N5O3. The molecule has 1 fully saturated rings. The molecule has 0 saturated carbocycles. The summed E-state index contributed by atoms with van der Waals surface area (Å²) in [7, 11) is 0. The van der Waals surface area contributed by atoms with E-state index in [1.807, 2.05) is 11.0 Å². The van der Waals surface area contributed by atoms with Gasteiger partial charge in [-0.25, -0.2) is 0 Å². The molecule has 104 valence electrons. The lowest BCUT2D eigenvalue weighted by Crippen LogP contribution is -2.36. The van der Waals surface area contributed by atoms with Crippen LogP contribution in [0.15, 0.2) is 30.9 Å². The maximum atomic E-state index is 11.3. The third-order valence-corrected chi connectivity index (χ3v) is 3.22. The second-order valence-electron chi connectivity index (χ2n) is 4.40. The largest absolute Gasteiger partial charge is 0.378 e. The van der Waals surface area contributed by atoms with Crippen molar-refractivity contribution in [2.45, 2.75) is 0 Å². The fourth-order valence-electron chi connectivity index (χ4n) is 2.22. The molecule has 1 aliphatic heterocycles. The molecule has 0 radical (unpaired) electrons. The number of nitrogens with zero attached hydrogens (tertiary/aromatic N) is 5. The van der Waals surface area contributed by atoms with Crippen LogP contribution in [-0.4, -0.2) is 46.0 Å². The third kappa shape index (κ3) is 2.32. The zero-order valence-corrected chi connectivity index (χ0v) is 10.7. The molecule has 8 nitrogen and oxygen atoms in total. The first kappa shape index (κ1) is 12.5. The van der Waals surface area contributed by atoms with E-state index in [0.717, 1.165) is 0 Å². The number of anilines is 1. The van der Waals surface area contributed by atoms with E-state index in [1.165, 1.54) is 18.7 Å². The van der Waals surface area contributed by atoms with E-state index in [0.29, 0.717) is 37.7 Å². The third-order valence-electron chi connectivity index (χ3n) is 3.22. The van der Waals surface area contributed by atoms with E-state index in [1.54, 1.807) is 10.6 Å². The normalized spacial score (nSPS) is 15.3. The summed E-state index contributed by atoms with van der Waals surface area (Å²) in [6, 6.07) is 5.12. The van der Waals surface area contributed by atoms with Crippen molar-refractivity contribution in [1.82, 2.24) is 14.8 Å². The zero-order valence-electron chi connectivity index (χ0n) is 10.7. The molecule has 0 bridgehead atoms. The molecule has 3 rings (SSSR count). The van der Waals surface area contributed by atoms with Gasteiger partial charge in [-0.3, -0.25) is 14.7 Å². The first-order chi connectivity index (χ1) is 9.75. The van der Waals surface area contributed by atoms with Gasteiger partial charge < -0.3 is 9.64 Å². The molecule has 0 N–H and O–H groups in total. The highest BCUT2D eigenvalue weighted by atomic mass is 16.6. The van der Waals surface area contributed by atoms with E-state index >= 15 is 0 Å². The summed E-state index contributed by atoms with van der Waals surface area (Å²) in [5, 5.41) is 18.7. The Morgan fingerprint density at radius 3 is 2.55 bits per heavy atom. The summed E-state index contributed by atoms with van der Waals surface area (Å²) < 4.78 is 6.91. The molecule has 0 aliphatic carbocycles. The molecule has 1 aromatic heterocycles. The molecule has 0 atom stereocenters. The Morgan fingerprint density at radius 2 is 1.90 bits per heavy atom.